The molecule has 2 bridgehead atoms. The summed E-state index contributed by atoms with van der Waals surface area (Å²) in [6.07, 6.45) is 5.72. The van der Waals surface area contributed by atoms with Crippen LogP contribution in [0.2, 0.25) is 0 Å². The van der Waals surface area contributed by atoms with Gasteiger partial charge < -0.3 is 23.8 Å². The highest BCUT2D eigenvalue weighted by molar-refractivity contribution is 5.72. The van der Waals surface area contributed by atoms with Crippen LogP contribution >= 0.6 is 0 Å². The van der Waals surface area contributed by atoms with Crippen molar-refractivity contribution in [2.45, 2.75) is 76.0 Å². The molecule has 0 N–H and O–H groups in total. The highest BCUT2D eigenvalue weighted by Crippen LogP contribution is 2.64. The fourth-order valence-corrected chi connectivity index (χ4v) is 6.74. The molecule has 1 saturated heterocycles. The first kappa shape index (κ1) is 21.7. The number of benzene rings is 1. The minimum atomic E-state index is -0.327. The molecule has 0 unspecified atom stereocenters. The number of hydrogen-bond acceptors (Lipinski definition) is 7. The average Bonchev–Trinajstić information content (AvgIpc) is 3.10. The van der Waals surface area contributed by atoms with Gasteiger partial charge in [-0.25, -0.2) is 0 Å². The molecule has 32 heavy (non-hydrogen) atoms. The summed E-state index contributed by atoms with van der Waals surface area (Å²) in [5.41, 5.74) is 2.53. The molecular weight excluding hydrogens is 410 g/mol. The Morgan fingerprint density at radius 1 is 1.16 bits per heavy atom. The van der Waals surface area contributed by atoms with Crippen LogP contribution < -0.4 is 9.47 Å². The molecule has 2 aliphatic heterocycles. The maximum atomic E-state index is 11.7. The number of likely N-dealkylation sites (N-methyl/N-ethyl adjacent to an activating group) is 1. The first-order valence-corrected chi connectivity index (χ1v) is 11.9. The SMILES string of the molecule is CC(=O)OCCCCO[C@H]1CC[C@H]2[C@H]3Cc4ccc(OC(C)=O)c5c4[C@@]2(CCN3C)[C@H]1O5. The van der Waals surface area contributed by atoms with Gasteiger partial charge in [0.05, 0.1) is 12.7 Å². The van der Waals surface area contributed by atoms with E-state index in [9.17, 15) is 9.59 Å². The van der Waals surface area contributed by atoms with Crippen molar-refractivity contribution in [3.05, 3.63) is 23.3 Å². The second kappa shape index (κ2) is 8.34. The van der Waals surface area contributed by atoms with Gasteiger partial charge in [0.1, 0.15) is 6.10 Å². The van der Waals surface area contributed by atoms with Crippen LogP contribution in [0.5, 0.6) is 11.5 Å². The van der Waals surface area contributed by atoms with Crippen molar-refractivity contribution in [3.8, 4) is 11.5 Å². The number of carbonyl (C=O) groups is 2. The highest BCUT2D eigenvalue weighted by Gasteiger charge is 2.65. The molecule has 1 aromatic rings. The van der Waals surface area contributed by atoms with Crippen molar-refractivity contribution in [2.24, 2.45) is 5.92 Å². The number of likely N-dealkylation sites (tertiary alicyclic amines) is 1. The van der Waals surface area contributed by atoms with Gasteiger partial charge in [0.25, 0.3) is 0 Å². The molecule has 174 valence electrons. The molecule has 1 saturated carbocycles. The molecule has 1 spiro atoms. The van der Waals surface area contributed by atoms with E-state index < -0.39 is 0 Å². The van der Waals surface area contributed by atoms with E-state index in [-0.39, 0.29) is 29.6 Å². The van der Waals surface area contributed by atoms with E-state index in [0.29, 0.717) is 30.9 Å². The number of hydrogen-bond donors (Lipinski definition) is 0. The lowest BCUT2D eigenvalue weighted by Crippen LogP contribution is -2.66. The Balaban J connectivity index is 1.41. The van der Waals surface area contributed by atoms with Crippen molar-refractivity contribution in [2.75, 3.05) is 26.8 Å². The zero-order valence-electron chi connectivity index (χ0n) is 19.2. The van der Waals surface area contributed by atoms with Crippen molar-refractivity contribution in [1.82, 2.24) is 4.90 Å². The smallest absolute Gasteiger partial charge is 0.308 e. The Labute approximate surface area is 189 Å². The lowest BCUT2D eigenvalue weighted by atomic mass is 9.51. The number of carbonyl (C=O) groups excluding carboxylic acids is 2. The standard InChI is InChI=1S/C25H33NO6/c1-15(27)29-12-4-5-13-30-21-9-7-18-19-14-17-6-8-20(31-16(2)28)23-22(17)25(18,24(21)32-23)10-11-26(19)3/h6,8,18-19,21,24H,4-5,7,9-14H2,1-3H3/t18-,19+,21-,24-,25-/m0/s1. The molecule has 1 aromatic carbocycles. The van der Waals surface area contributed by atoms with Crippen LogP contribution in [0.1, 0.15) is 57.1 Å². The summed E-state index contributed by atoms with van der Waals surface area (Å²) >= 11 is 0. The lowest BCUT2D eigenvalue weighted by Gasteiger charge is -2.58. The van der Waals surface area contributed by atoms with Gasteiger partial charge in [-0.05, 0) is 69.7 Å². The van der Waals surface area contributed by atoms with Crippen LogP contribution in [0.15, 0.2) is 12.1 Å². The monoisotopic (exact) mass is 443 g/mol. The van der Waals surface area contributed by atoms with Gasteiger partial charge in [0.15, 0.2) is 11.5 Å². The van der Waals surface area contributed by atoms with Gasteiger partial charge in [0, 0.05) is 37.5 Å². The Hall–Kier alpha value is -2.12. The van der Waals surface area contributed by atoms with Crippen molar-refractivity contribution in [3.63, 3.8) is 0 Å². The molecule has 5 atom stereocenters. The zero-order valence-corrected chi connectivity index (χ0v) is 19.2. The first-order valence-electron chi connectivity index (χ1n) is 11.9. The molecule has 2 aliphatic carbocycles. The fourth-order valence-electron chi connectivity index (χ4n) is 6.74. The van der Waals surface area contributed by atoms with E-state index >= 15 is 0 Å². The Kier molecular flexibility index (Phi) is 5.66. The maximum Gasteiger partial charge on any atom is 0.308 e. The predicted octanol–water partition coefficient (Wildman–Crippen LogP) is 3.01. The molecule has 0 radical (unpaired) electrons. The van der Waals surface area contributed by atoms with Gasteiger partial charge in [-0.2, -0.15) is 0 Å². The van der Waals surface area contributed by atoms with Crippen LogP contribution in [0.3, 0.4) is 0 Å². The Morgan fingerprint density at radius 3 is 2.75 bits per heavy atom. The van der Waals surface area contributed by atoms with E-state index in [1.165, 1.54) is 25.0 Å². The number of esters is 2. The molecule has 0 aromatic heterocycles. The zero-order chi connectivity index (χ0) is 22.5. The second-order valence-corrected chi connectivity index (χ2v) is 9.74. The number of piperidine rings is 1. The number of ether oxygens (including phenoxy) is 4. The predicted molar refractivity (Wildman–Crippen MR) is 117 cm³/mol. The van der Waals surface area contributed by atoms with E-state index in [1.54, 1.807) is 0 Å². The molecule has 2 heterocycles. The first-order chi connectivity index (χ1) is 15.4. The normalized spacial score (nSPS) is 32.1. The van der Waals surface area contributed by atoms with Gasteiger partial charge in [-0.3, -0.25) is 9.59 Å². The summed E-state index contributed by atoms with van der Waals surface area (Å²) < 4.78 is 23.7. The van der Waals surface area contributed by atoms with Gasteiger partial charge in [-0.1, -0.05) is 6.07 Å². The molecule has 4 aliphatic rings. The molecule has 5 rings (SSSR count). The largest absolute Gasteiger partial charge is 0.483 e. The molecule has 7 nitrogen and oxygen atoms in total. The Bertz CT molecular complexity index is 916. The van der Waals surface area contributed by atoms with Crippen LogP contribution in [0.25, 0.3) is 0 Å². The third kappa shape index (κ3) is 3.41. The molecule has 7 heteroatoms. The van der Waals surface area contributed by atoms with Crippen molar-refractivity contribution < 1.29 is 28.5 Å². The summed E-state index contributed by atoms with van der Waals surface area (Å²) in [6.45, 7) is 4.95. The topological polar surface area (TPSA) is 74.3 Å². The number of nitrogens with zero attached hydrogens (tertiary/aromatic N) is 1. The average molecular weight is 444 g/mol. The third-order valence-corrected chi connectivity index (χ3v) is 7.95. The summed E-state index contributed by atoms with van der Waals surface area (Å²) in [6, 6.07) is 4.54. The van der Waals surface area contributed by atoms with Gasteiger partial charge in [0.2, 0.25) is 0 Å². The number of rotatable bonds is 7. The minimum Gasteiger partial charge on any atom is -0.483 e. The van der Waals surface area contributed by atoms with Crippen LogP contribution in [0, 0.1) is 5.92 Å². The lowest BCUT2D eigenvalue weighted by molar-refractivity contribution is -0.141. The van der Waals surface area contributed by atoms with Crippen molar-refractivity contribution in [1.29, 1.82) is 0 Å². The van der Waals surface area contributed by atoms with E-state index in [1.807, 2.05) is 6.07 Å². The quantitative estimate of drug-likeness (QED) is 0.364. The Morgan fingerprint density at radius 2 is 1.97 bits per heavy atom. The van der Waals surface area contributed by atoms with Crippen LogP contribution in [0.4, 0.5) is 0 Å². The number of unbranched alkanes of at least 4 members (excludes halogenated alkanes) is 1. The van der Waals surface area contributed by atoms with E-state index in [0.717, 1.165) is 50.8 Å². The van der Waals surface area contributed by atoms with Crippen molar-refractivity contribution >= 4 is 11.9 Å². The summed E-state index contributed by atoms with van der Waals surface area (Å²) in [5.74, 6) is 1.26. The second-order valence-electron chi connectivity index (χ2n) is 9.74. The van der Waals surface area contributed by atoms with Gasteiger partial charge >= 0.3 is 11.9 Å². The summed E-state index contributed by atoms with van der Waals surface area (Å²) in [7, 11) is 2.24. The van der Waals surface area contributed by atoms with Crippen LogP contribution in [-0.4, -0.2) is 61.9 Å². The van der Waals surface area contributed by atoms with Crippen LogP contribution in [-0.2, 0) is 30.9 Å². The third-order valence-electron chi connectivity index (χ3n) is 7.95. The van der Waals surface area contributed by atoms with E-state index in [2.05, 4.69) is 18.0 Å². The highest BCUT2D eigenvalue weighted by atomic mass is 16.6. The maximum absolute atomic E-state index is 11.7. The summed E-state index contributed by atoms with van der Waals surface area (Å²) in [4.78, 5) is 25.2. The fraction of sp³-hybridized carbons (Fsp3) is 0.680. The minimum absolute atomic E-state index is 0.00700. The van der Waals surface area contributed by atoms with E-state index in [4.69, 9.17) is 18.9 Å². The molecular formula is C25H33NO6. The molecule has 2 fully saturated rings. The van der Waals surface area contributed by atoms with Gasteiger partial charge in [-0.15, -0.1) is 0 Å². The molecule has 0 amide bonds. The summed E-state index contributed by atoms with van der Waals surface area (Å²) in [5, 5.41) is 0.